The molecule has 0 fully saturated rings. The third-order valence-electron chi connectivity index (χ3n) is 3.07. The monoisotopic (exact) mass is 353 g/mol. The molecule has 0 aromatic carbocycles. The summed E-state index contributed by atoms with van der Waals surface area (Å²) >= 11 is 2.47. The number of carbonyl (C=O) groups is 3. The highest BCUT2D eigenvalue weighted by atomic mass is 32.1. The summed E-state index contributed by atoms with van der Waals surface area (Å²) in [5.41, 5.74) is 0.609. The van der Waals surface area contributed by atoms with Crippen LogP contribution in [0.1, 0.15) is 30.5 Å². The molecule has 0 atom stereocenters. The molecule has 0 spiro atoms. The number of rotatable bonds is 5. The van der Waals surface area contributed by atoms with Gasteiger partial charge in [0.25, 0.3) is 0 Å². The van der Waals surface area contributed by atoms with Gasteiger partial charge in [-0.15, -0.1) is 22.7 Å². The number of nitrogens with one attached hydrogen (secondary N) is 1. The highest BCUT2D eigenvalue weighted by Crippen LogP contribution is 2.34. The van der Waals surface area contributed by atoms with Crippen LogP contribution in [0.3, 0.4) is 0 Å². The molecule has 2 rings (SSSR count). The van der Waals surface area contributed by atoms with Crippen LogP contribution < -0.4 is 5.32 Å². The van der Waals surface area contributed by atoms with E-state index in [4.69, 9.17) is 9.47 Å². The Hall–Kier alpha value is -2.19. The Balaban J connectivity index is 2.30. The molecule has 8 heteroatoms. The number of hydrogen-bond donors (Lipinski definition) is 1. The fraction of sp³-hybridized carbons (Fsp3) is 0.267. The highest BCUT2D eigenvalue weighted by Gasteiger charge is 2.26. The van der Waals surface area contributed by atoms with Gasteiger partial charge >= 0.3 is 11.9 Å². The molecule has 1 amide bonds. The molecule has 2 aromatic rings. The Morgan fingerprint density at radius 2 is 1.87 bits per heavy atom. The molecule has 2 heterocycles. The van der Waals surface area contributed by atoms with E-state index in [9.17, 15) is 14.4 Å². The molecule has 2 aromatic heterocycles. The number of hydrogen-bond acceptors (Lipinski definition) is 7. The zero-order chi connectivity index (χ0) is 17.0. The van der Waals surface area contributed by atoms with Crippen molar-refractivity contribution in [2.45, 2.75) is 13.3 Å². The van der Waals surface area contributed by atoms with Crippen molar-refractivity contribution in [2.24, 2.45) is 0 Å². The molecule has 0 aliphatic carbocycles. The maximum atomic E-state index is 12.1. The van der Waals surface area contributed by atoms with Crippen molar-refractivity contribution < 1.29 is 23.9 Å². The van der Waals surface area contributed by atoms with E-state index in [0.29, 0.717) is 5.56 Å². The van der Waals surface area contributed by atoms with Crippen LogP contribution in [-0.2, 0) is 20.7 Å². The van der Waals surface area contributed by atoms with Gasteiger partial charge in [-0.3, -0.25) is 4.79 Å². The smallest absolute Gasteiger partial charge is 0.348 e. The maximum absolute atomic E-state index is 12.1. The van der Waals surface area contributed by atoms with Gasteiger partial charge in [-0.05, 0) is 23.9 Å². The molecule has 0 saturated carbocycles. The molecule has 0 bridgehead atoms. The number of carbonyl (C=O) groups excluding carboxylic acids is 3. The van der Waals surface area contributed by atoms with Crippen molar-refractivity contribution in [3.8, 4) is 0 Å². The van der Waals surface area contributed by atoms with Gasteiger partial charge in [-0.25, -0.2) is 9.59 Å². The lowest BCUT2D eigenvalue weighted by atomic mass is 10.1. The number of amides is 1. The van der Waals surface area contributed by atoms with Gasteiger partial charge < -0.3 is 14.8 Å². The van der Waals surface area contributed by atoms with E-state index < -0.39 is 11.9 Å². The molecule has 1 N–H and O–H groups in total. The SMILES string of the molecule is COC(=O)c1sc(NC(=O)Cc2cccs2)c(C(=O)OC)c1C. The Kier molecular flexibility index (Phi) is 5.51. The van der Waals surface area contributed by atoms with Crippen LogP contribution in [0.4, 0.5) is 5.00 Å². The normalized spacial score (nSPS) is 10.2. The summed E-state index contributed by atoms with van der Waals surface area (Å²) in [6.45, 7) is 1.62. The maximum Gasteiger partial charge on any atom is 0.348 e. The van der Waals surface area contributed by atoms with E-state index >= 15 is 0 Å². The quantitative estimate of drug-likeness (QED) is 0.836. The summed E-state index contributed by atoms with van der Waals surface area (Å²) in [6.07, 6.45) is 0.197. The second-order valence-electron chi connectivity index (χ2n) is 4.55. The zero-order valence-corrected chi connectivity index (χ0v) is 14.4. The Morgan fingerprint density at radius 1 is 1.17 bits per heavy atom. The van der Waals surface area contributed by atoms with Crippen molar-refractivity contribution in [3.05, 3.63) is 38.4 Å². The number of ether oxygens (including phenoxy) is 2. The third-order valence-corrected chi connectivity index (χ3v) is 5.14. The third kappa shape index (κ3) is 3.77. The number of esters is 2. The van der Waals surface area contributed by atoms with Crippen molar-refractivity contribution in [1.29, 1.82) is 0 Å². The van der Waals surface area contributed by atoms with Crippen molar-refractivity contribution in [2.75, 3.05) is 19.5 Å². The second-order valence-corrected chi connectivity index (χ2v) is 6.60. The molecule has 23 heavy (non-hydrogen) atoms. The van der Waals surface area contributed by atoms with Crippen LogP contribution in [0.25, 0.3) is 0 Å². The summed E-state index contributed by atoms with van der Waals surface area (Å²) in [6, 6.07) is 3.71. The minimum Gasteiger partial charge on any atom is -0.465 e. The van der Waals surface area contributed by atoms with Crippen molar-refractivity contribution in [3.63, 3.8) is 0 Å². The van der Waals surface area contributed by atoms with Crippen molar-refractivity contribution >= 4 is 45.5 Å². The summed E-state index contributed by atoms with van der Waals surface area (Å²) in [7, 11) is 2.50. The van der Waals surface area contributed by atoms with E-state index in [1.807, 2.05) is 17.5 Å². The van der Waals surface area contributed by atoms with Crippen LogP contribution in [0, 0.1) is 6.92 Å². The molecule has 6 nitrogen and oxygen atoms in total. The minimum atomic E-state index is -0.611. The predicted molar refractivity (Wildman–Crippen MR) is 88.4 cm³/mol. The summed E-state index contributed by atoms with van der Waals surface area (Å²) in [4.78, 5) is 37.0. The summed E-state index contributed by atoms with van der Waals surface area (Å²) in [5.74, 6) is -1.44. The molecule has 0 saturated heterocycles. The Morgan fingerprint density at radius 3 is 2.43 bits per heavy atom. The van der Waals surface area contributed by atoms with Crippen LogP contribution in [0.15, 0.2) is 17.5 Å². The molecule has 0 unspecified atom stereocenters. The Bertz CT molecular complexity index is 733. The molecular formula is C15H15NO5S2. The topological polar surface area (TPSA) is 81.7 Å². The van der Waals surface area contributed by atoms with E-state index in [2.05, 4.69) is 5.32 Å². The predicted octanol–water partition coefficient (Wildman–Crippen LogP) is 2.87. The number of methoxy groups -OCH3 is 2. The summed E-state index contributed by atoms with van der Waals surface area (Å²) in [5, 5.41) is 4.85. The molecular weight excluding hydrogens is 338 g/mol. The first-order valence-electron chi connectivity index (χ1n) is 6.60. The minimum absolute atomic E-state index is 0.178. The average Bonchev–Trinajstić information content (AvgIpc) is 3.14. The van der Waals surface area contributed by atoms with Crippen LogP contribution in [0.2, 0.25) is 0 Å². The van der Waals surface area contributed by atoms with Gasteiger partial charge in [0.05, 0.1) is 26.2 Å². The van der Waals surface area contributed by atoms with E-state index in [1.165, 1.54) is 25.6 Å². The molecule has 0 aliphatic heterocycles. The molecule has 122 valence electrons. The van der Waals surface area contributed by atoms with E-state index in [1.54, 1.807) is 6.92 Å². The highest BCUT2D eigenvalue weighted by molar-refractivity contribution is 7.18. The largest absolute Gasteiger partial charge is 0.465 e. The number of anilines is 1. The molecule has 0 aliphatic rings. The van der Waals surface area contributed by atoms with Crippen LogP contribution >= 0.6 is 22.7 Å². The van der Waals surface area contributed by atoms with Crippen LogP contribution in [0.5, 0.6) is 0 Å². The summed E-state index contributed by atoms with van der Waals surface area (Å²) < 4.78 is 9.44. The first kappa shape index (κ1) is 17.2. The van der Waals surface area contributed by atoms with Gasteiger partial charge in [0, 0.05) is 4.88 Å². The van der Waals surface area contributed by atoms with E-state index in [-0.39, 0.29) is 27.8 Å². The van der Waals surface area contributed by atoms with Crippen LogP contribution in [-0.4, -0.2) is 32.1 Å². The lowest BCUT2D eigenvalue weighted by Gasteiger charge is -2.05. The van der Waals surface area contributed by atoms with Crippen molar-refractivity contribution in [1.82, 2.24) is 0 Å². The fourth-order valence-electron chi connectivity index (χ4n) is 1.98. The Labute approximate surface area is 141 Å². The van der Waals surface area contributed by atoms with Gasteiger partial charge in [0.15, 0.2) is 0 Å². The second kappa shape index (κ2) is 7.38. The molecule has 0 radical (unpaired) electrons. The van der Waals surface area contributed by atoms with Gasteiger partial charge in [0.1, 0.15) is 9.88 Å². The fourth-order valence-corrected chi connectivity index (χ4v) is 3.81. The lowest BCUT2D eigenvalue weighted by molar-refractivity contribution is -0.115. The first-order valence-corrected chi connectivity index (χ1v) is 8.29. The average molecular weight is 353 g/mol. The van der Waals surface area contributed by atoms with Gasteiger partial charge in [0.2, 0.25) is 5.91 Å². The standard InChI is InChI=1S/C15H15NO5S2/c1-8-11(14(18)20-2)13(23-12(8)15(19)21-3)16-10(17)7-9-5-4-6-22-9/h4-6H,7H2,1-3H3,(H,16,17). The number of thiophene rings is 2. The lowest BCUT2D eigenvalue weighted by Crippen LogP contribution is -2.15. The zero-order valence-electron chi connectivity index (χ0n) is 12.8. The van der Waals surface area contributed by atoms with E-state index in [0.717, 1.165) is 16.2 Å². The first-order chi connectivity index (χ1) is 11.0. The van der Waals surface area contributed by atoms with Gasteiger partial charge in [-0.2, -0.15) is 0 Å². The van der Waals surface area contributed by atoms with Gasteiger partial charge in [-0.1, -0.05) is 6.07 Å².